The molecule has 5 nitrogen and oxygen atoms in total. The molecule has 0 fully saturated rings. The number of hydrogen-bond acceptors (Lipinski definition) is 5. The predicted octanol–water partition coefficient (Wildman–Crippen LogP) is 0.900. The largest absolute Gasteiger partial charge is 0.461 e. The number of oxazole rings is 1. The summed E-state index contributed by atoms with van der Waals surface area (Å²) in [4.78, 5) is 18.6. The molecule has 1 rings (SSSR count). The molecule has 0 spiro atoms. The molecular formula is C8H10N2O3. The third-order valence-electron chi connectivity index (χ3n) is 1.25. The SMILES string of the molecule is CCOC(=O)c1coc(C=NC)n1. The van der Waals surface area contributed by atoms with E-state index in [0.29, 0.717) is 12.5 Å². The van der Waals surface area contributed by atoms with Crippen molar-refractivity contribution < 1.29 is 13.9 Å². The summed E-state index contributed by atoms with van der Waals surface area (Å²) in [5, 5.41) is 0. The minimum atomic E-state index is -0.484. The highest BCUT2D eigenvalue weighted by atomic mass is 16.5. The Bertz CT molecular complexity index is 317. The Labute approximate surface area is 75.4 Å². The molecule has 0 aliphatic rings. The molecule has 0 aliphatic heterocycles. The van der Waals surface area contributed by atoms with Crippen molar-refractivity contribution in [3.05, 3.63) is 17.8 Å². The number of aliphatic imine (C=N–C) groups is 1. The highest BCUT2D eigenvalue weighted by Crippen LogP contribution is 2.01. The highest BCUT2D eigenvalue weighted by Gasteiger charge is 2.11. The molecule has 0 aliphatic carbocycles. The molecule has 0 aromatic carbocycles. The van der Waals surface area contributed by atoms with Gasteiger partial charge in [0.1, 0.15) is 6.26 Å². The van der Waals surface area contributed by atoms with E-state index in [-0.39, 0.29) is 5.69 Å². The van der Waals surface area contributed by atoms with Crippen LogP contribution in [0.2, 0.25) is 0 Å². The third kappa shape index (κ3) is 2.40. The van der Waals surface area contributed by atoms with Gasteiger partial charge >= 0.3 is 5.97 Å². The fraction of sp³-hybridized carbons (Fsp3) is 0.375. The second-order valence-corrected chi connectivity index (χ2v) is 2.18. The summed E-state index contributed by atoms with van der Waals surface area (Å²) < 4.78 is 9.62. The number of hydrogen-bond donors (Lipinski definition) is 0. The molecule has 1 aromatic heterocycles. The first-order chi connectivity index (χ1) is 6.27. The van der Waals surface area contributed by atoms with E-state index in [1.165, 1.54) is 12.5 Å². The molecule has 0 saturated carbocycles. The van der Waals surface area contributed by atoms with Gasteiger partial charge in [-0.25, -0.2) is 9.78 Å². The predicted molar refractivity (Wildman–Crippen MR) is 46.0 cm³/mol. The van der Waals surface area contributed by atoms with E-state index >= 15 is 0 Å². The fourth-order valence-electron chi connectivity index (χ4n) is 0.756. The van der Waals surface area contributed by atoms with Crippen molar-refractivity contribution in [2.75, 3.05) is 13.7 Å². The van der Waals surface area contributed by atoms with Gasteiger partial charge in [0.15, 0.2) is 5.69 Å². The summed E-state index contributed by atoms with van der Waals surface area (Å²) in [5.74, 6) is -0.187. The highest BCUT2D eigenvalue weighted by molar-refractivity contribution is 5.88. The fourth-order valence-corrected chi connectivity index (χ4v) is 0.756. The van der Waals surface area contributed by atoms with Crippen molar-refractivity contribution in [1.82, 2.24) is 4.98 Å². The van der Waals surface area contributed by atoms with Crippen LogP contribution in [0.3, 0.4) is 0 Å². The Balaban J connectivity index is 2.73. The van der Waals surface area contributed by atoms with Crippen molar-refractivity contribution in [3.8, 4) is 0 Å². The summed E-state index contributed by atoms with van der Waals surface area (Å²) in [5.41, 5.74) is 0.164. The van der Waals surface area contributed by atoms with Crippen molar-refractivity contribution in [2.45, 2.75) is 6.92 Å². The Hall–Kier alpha value is -1.65. The summed E-state index contributed by atoms with van der Waals surface area (Å²) >= 11 is 0. The van der Waals surface area contributed by atoms with Crippen molar-refractivity contribution in [2.24, 2.45) is 4.99 Å². The number of rotatable bonds is 3. The van der Waals surface area contributed by atoms with Crippen LogP contribution in [0.25, 0.3) is 0 Å². The van der Waals surface area contributed by atoms with Gasteiger partial charge in [0.05, 0.1) is 12.8 Å². The molecule has 0 saturated heterocycles. The Morgan fingerprint density at radius 1 is 1.85 bits per heavy atom. The number of esters is 1. The molecular weight excluding hydrogens is 172 g/mol. The van der Waals surface area contributed by atoms with Gasteiger partial charge in [0, 0.05) is 7.05 Å². The van der Waals surface area contributed by atoms with Crippen LogP contribution in [-0.2, 0) is 4.74 Å². The average molecular weight is 182 g/mol. The van der Waals surface area contributed by atoms with Crippen molar-refractivity contribution in [3.63, 3.8) is 0 Å². The first-order valence-electron chi connectivity index (χ1n) is 3.82. The molecule has 0 unspecified atom stereocenters. The Morgan fingerprint density at radius 3 is 3.23 bits per heavy atom. The van der Waals surface area contributed by atoms with E-state index in [9.17, 15) is 4.79 Å². The van der Waals surface area contributed by atoms with Gasteiger partial charge in [0.25, 0.3) is 0 Å². The first kappa shape index (κ1) is 9.44. The standard InChI is InChI=1S/C8H10N2O3/c1-3-12-8(11)6-5-13-7(10-6)4-9-2/h4-5H,3H2,1-2H3. The molecule has 0 N–H and O–H groups in total. The summed E-state index contributed by atoms with van der Waals surface area (Å²) in [6, 6.07) is 0. The molecule has 0 atom stereocenters. The lowest BCUT2D eigenvalue weighted by Gasteiger charge is -1.94. The minimum Gasteiger partial charge on any atom is -0.461 e. The second kappa shape index (κ2) is 4.39. The number of carbonyl (C=O) groups is 1. The van der Waals surface area contributed by atoms with Gasteiger partial charge in [-0.15, -0.1) is 0 Å². The van der Waals surface area contributed by atoms with Crippen molar-refractivity contribution in [1.29, 1.82) is 0 Å². The van der Waals surface area contributed by atoms with E-state index in [1.54, 1.807) is 14.0 Å². The molecule has 5 heteroatoms. The van der Waals surface area contributed by atoms with Crippen LogP contribution in [0.5, 0.6) is 0 Å². The quantitative estimate of drug-likeness (QED) is 0.514. The van der Waals surface area contributed by atoms with E-state index in [2.05, 4.69) is 9.98 Å². The Morgan fingerprint density at radius 2 is 2.62 bits per heavy atom. The maximum atomic E-state index is 11.1. The minimum absolute atomic E-state index is 0.164. The lowest BCUT2D eigenvalue weighted by molar-refractivity contribution is 0.0519. The maximum absolute atomic E-state index is 11.1. The first-order valence-corrected chi connectivity index (χ1v) is 3.82. The van der Waals surface area contributed by atoms with E-state index in [0.717, 1.165) is 0 Å². The monoisotopic (exact) mass is 182 g/mol. The number of aromatic nitrogens is 1. The molecule has 1 aromatic rings. The van der Waals surface area contributed by atoms with Gasteiger partial charge in [-0.05, 0) is 6.92 Å². The summed E-state index contributed by atoms with van der Waals surface area (Å²) in [6.45, 7) is 2.05. The van der Waals surface area contributed by atoms with Gasteiger partial charge in [-0.3, -0.25) is 4.99 Å². The molecule has 0 radical (unpaired) electrons. The number of nitrogens with zero attached hydrogens (tertiary/aromatic N) is 2. The average Bonchev–Trinajstić information content (AvgIpc) is 2.54. The van der Waals surface area contributed by atoms with Gasteiger partial charge in [-0.2, -0.15) is 0 Å². The van der Waals surface area contributed by atoms with Crippen LogP contribution in [0, 0.1) is 0 Å². The Kier molecular flexibility index (Phi) is 3.19. The number of carbonyl (C=O) groups excluding carboxylic acids is 1. The maximum Gasteiger partial charge on any atom is 0.360 e. The van der Waals surface area contributed by atoms with E-state index in [1.807, 2.05) is 0 Å². The lowest BCUT2D eigenvalue weighted by Crippen LogP contribution is -2.04. The summed E-state index contributed by atoms with van der Waals surface area (Å²) in [6.07, 6.45) is 2.66. The van der Waals surface area contributed by atoms with E-state index < -0.39 is 5.97 Å². The smallest absolute Gasteiger partial charge is 0.360 e. The molecule has 70 valence electrons. The van der Waals surface area contributed by atoms with Crippen LogP contribution in [0.4, 0.5) is 0 Å². The zero-order valence-corrected chi connectivity index (χ0v) is 7.48. The normalized spacial score (nSPS) is 10.6. The van der Waals surface area contributed by atoms with Gasteiger partial charge in [0.2, 0.25) is 5.89 Å². The third-order valence-corrected chi connectivity index (χ3v) is 1.25. The van der Waals surface area contributed by atoms with Crippen molar-refractivity contribution >= 4 is 12.2 Å². The van der Waals surface area contributed by atoms with Gasteiger partial charge in [-0.1, -0.05) is 0 Å². The van der Waals surface area contributed by atoms with Crippen LogP contribution in [-0.4, -0.2) is 30.8 Å². The van der Waals surface area contributed by atoms with Crippen LogP contribution in [0.1, 0.15) is 23.3 Å². The number of ether oxygens (including phenoxy) is 1. The molecule has 0 bridgehead atoms. The molecule has 0 amide bonds. The zero-order valence-electron chi connectivity index (χ0n) is 7.48. The lowest BCUT2D eigenvalue weighted by atomic mass is 10.5. The van der Waals surface area contributed by atoms with Crippen LogP contribution in [0.15, 0.2) is 15.7 Å². The zero-order chi connectivity index (χ0) is 9.68. The topological polar surface area (TPSA) is 64.7 Å². The second-order valence-electron chi connectivity index (χ2n) is 2.18. The van der Waals surface area contributed by atoms with Crippen LogP contribution >= 0.6 is 0 Å². The van der Waals surface area contributed by atoms with Gasteiger partial charge < -0.3 is 9.15 Å². The summed E-state index contributed by atoms with van der Waals surface area (Å²) in [7, 11) is 1.59. The molecule has 13 heavy (non-hydrogen) atoms. The van der Waals surface area contributed by atoms with Crippen LogP contribution < -0.4 is 0 Å². The molecule has 1 heterocycles. The van der Waals surface area contributed by atoms with E-state index in [4.69, 9.17) is 9.15 Å².